The van der Waals surface area contributed by atoms with E-state index in [9.17, 15) is 14.9 Å². The highest BCUT2D eigenvalue weighted by molar-refractivity contribution is 5.71. The van der Waals surface area contributed by atoms with Crippen LogP contribution in [0.2, 0.25) is 0 Å². The zero-order valence-corrected chi connectivity index (χ0v) is 8.31. The van der Waals surface area contributed by atoms with E-state index in [1.807, 2.05) is 0 Å². The van der Waals surface area contributed by atoms with E-state index in [1.165, 1.54) is 12.1 Å². The van der Waals surface area contributed by atoms with Gasteiger partial charge in [-0.1, -0.05) is 30.3 Å². The smallest absolute Gasteiger partial charge is 0.316 e. The SMILES string of the molecule is O=C(O)C(CO)C(c1ccccc1)[N+](=O)[O-]. The molecule has 2 unspecified atom stereocenters. The summed E-state index contributed by atoms with van der Waals surface area (Å²) in [5.41, 5.74) is 0.272. The minimum absolute atomic E-state index is 0.272. The largest absolute Gasteiger partial charge is 0.481 e. The number of carboxylic acids is 1. The van der Waals surface area contributed by atoms with Crippen molar-refractivity contribution in [3.05, 3.63) is 46.0 Å². The fourth-order valence-corrected chi connectivity index (χ4v) is 1.46. The Kier molecular flexibility index (Phi) is 3.96. The Hall–Kier alpha value is -1.95. The van der Waals surface area contributed by atoms with Crippen molar-refractivity contribution in [1.82, 2.24) is 0 Å². The summed E-state index contributed by atoms with van der Waals surface area (Å²) < 4.78 is 0. The molecule has 16 heavy (non-hydrogen) atoms. The van der Waals surface area contributed by atoms with Crippen LogP contribution in [0.1, 0.15) is 11.6 Å². The highest BCUT2D eigenvalue weighted by Crippen LogP contribution is 2.25. The van der Waals surface area contributed by atoms with E-state index in [-0.39, 0.29) is 5.56 Å². The van der Waals surface area contributed by atoms with Gasteiger partial charge < -0.3 is 10.2 Å². The van der Waals surface area contributed by atoms with Crippen molar-refractivity contribution in [1.29, 1.82) is 0 Å². The van der Waals surface area contributed by atoms with Gasteiger partial charge in [0.25, 0.3) is 6.04 Å². The lowest BCUT2D eigenvalue weighted by atomic mass is 9.94. The minimum atomic E-state index is -1.43. The minimum Gasteiger partial charge on any atom is -0.481 e. The van der Waals surface area contributed by atoms with Gasteiger partial charge in [-0.15, -0.1) is 0 Å². The number of rotatable bonds is 5. The lowest BCUT2D eigenvalue weighted by Crippen LogP contribution is -2.30. The molecular formula is C10H11NO5. The summed E-state index contributed by atoms with van der Waals surface area (Å²) in [6, 6.07) is 6.36. The summed E-state index contributed by atoms with van der Waals surface area (Å²) in [5.74, 6) is -2.81. The molecule has 0 aliphatic carbocycles. The number of hydrogen-bond acceptors (Lipinski definition) is 4. The average Bonchev–Trinajstić information content (AvgIpc) is 2.25. The molecule has 0 amide bonds. The van der Waals surface area contributed by atoms with Crippen LogP contribution in [-0.4, -0.2) is 27.7 Å². The van der Waals surface area contributed by atoms with E-state index in [4.69, 9.17) is 10.2 Å². The summed E-state index contributed by atoms with van der Waals surface area (Å²) >= 11 is 0. The molecule has 0 saturated carbocycles. The maximum atomic E-state index is 10.8. The second kappa shape index (κ2) is 5.22. The Balaban J connectivity index is 3.09. The van der Waals surface area contributed by atoms with Crippen molar-refractivity contribution in [3.8, 4) is 0 Å². The van der Waals surface area contributed by atoms with Crippen LogP contribution in [0, 0.1) is 16.0 Å². The summed E-state index contributed by atoms with van der Waals surface area (Å²) in [4.78, 5) is 20.9. The summed E-state index contributed by atoms with van der Waals surface area (Å²) in [6.45, 7) is -0.768. The molecule has 0 aromatic heterocycles. The van der Waals surface area contributed by atoms with Crippen LogP contribution in [0.4, 0.5) is 0 Å². The monoisotopic (exact) mass is 225 g/mol. The Labute approximate surface area is 91.3 Å². The predicted molar refractivity (Wildman–Crippen MR) is 54.4 cm³/mol. The first-order valence-electron chi connectivity index (χ1n) is 4.60. The van der Waals surface area contributed by atoms with E-state index < -0.39 is 29.5 Å². The lowest BCUT2D eigenvalue weighted by Gasteiger charge is -2.15. The van der Waals surface area contributed by atoms with Crippen LogP contribution in [0.15, 0.2) is 30.3 Å². The van der Waals surface area contributed by atoms with Crippen LogP contribution < -0.4 is 0 Å². The van der Waals surface area contributed by atoms with Crippen molar-refractivity contribution in [2.45, 2.75) is 6.04 Å². The van der Waals surface area contributed by atoms with Gasteiger partial charge in [-0.2, -0.15) is 0 Å². The normalized spacial score (nSPS) is 14.1. The Bertz CT molecular complexity index is 378. The number of carbonyl (C=O) groups is 1. The average molecular weight is 225 g/mol. The van der Waals surface area contributed by atoms with Crippen molar-refractivity contribution < 1.29 is 19.9 Å². The fraction of sp³-hybridized carbons (Fsp3) is 0.300. The molecular weight excluding hydrogens is 214 g/mol. The van der Waals surface area contributed by atoms with Gasteiger partial charge in [-0.3, -0.25) is 14.9 Å². The van der Waals surface area contributed by atoms with Crippen molar-refractivity contribution in [3.63, 3.8) is 0 Å². The summed E-state index contributed by atoms with van der Waals surface area (Å²) in [6.07, 6.45) is 0. The lowest BCUT2D eigenvalue weighted by molar-refractivity contribution is -0.537. The number of hydrogen-bond donors (Lipinski definition) is 2. The summed E-state index contributed by atoms with van der Waals surface area (Å²) in [7, 11) is 0. The molecule has 2 atom stereocenters. The molecule has 2 N–H and O–H groups in total. The maximum absolute atomic E-state index is 10.8. The third-order valence-corrected chi connectivity index (χ3v) is 2.26. The summed E-state index contributed by atoms with van der Waals surface area (Å²) in [5, 5.41) is 28.5. The second-order valence-electron chi connectivity index (χ2n) is 3.27. The molecule has 0 fully saturated rings. The van der Waals surface area contributed by atoms with Crippen LogP contribution >= 0.6 is 0 Å². The first-order valence-corrected chi connectivity index (χ1v) is 4.60. The third kappa shape index (κ3) is 2.54. The van der Waals surface area contributed by atoms with Gasteiger partial charge in [-0.25, -0.2) is 0 Å². The van der Waals surface area contributed by atoms with Gasteiger partial charge in [0, 0.05) is 10.5 Å². The van der Waals surface area contributed by atoms with Crippen LogP contribution in [0.5, 0.6) is 0 Å². The van der Waals surface area contributed by atoms with E-state index in [0.29, 0.717) is 0 Å². The van der Waals surface area contributed by atoms with E-state index in [0.717, 1.165) is 0 Å². The molecule has 86 valence electrons. The van der Waals surface area contributed by atoms with Gasteiger partial charge >= 0.3 is 5.97 Å². The number of aliphatic hydroxyl groups is 1. The number of nitro groups is 1. The molecule has 0 aliphatic rings. The Morgan fingerprint density at radius 3 is 2.31 bits per heavy atom. The van der Waals surface area contributed by atoms with Crippen molar-refractivity contribution >= 4 is 5.97 Å². The highest BCUT2D eigenvalue weighted by Gasteiger charge is 2.38. The van der Waals surface area contributed by atoms with E-state index in [2.05, 4.69) is 0 Å². The maximum Gasteiger partial charge on any atom is 0.316 e. The molecule has 0 bridgehead atoms. The Morgan fingerprint density at radius 1 is 1.38 bits per heavy atom. The van der Waals surface area contributed by atoms with Gasteiger partial charge in [0.15, 0.2) is 5.92 Å². The highest BCUT2D eigenvalue weighted by atomic mass is 16.6. The molecule has 0 spiro atoms. The van der Waals surface area contributed by atoms with Crippen molar-refractivity contribution in [2.24, 2.45) is 5.92 Å². The molecule has 0 aliphatic heterocycles. The number of benzene rings is 1. The van der Waals surface area contributed by atoms with Gasteiger partial charge in [0.1, 0.15) is 0 Å². The van der Waals surface area contributed by atoms with E-state index >= 15 is 0 Å². The van der Waals surface area contributed by atoms with Gasteiger partial charge in [0.05, 0.1) is 6.61 Å². The van der Waals surface area contributed by atoms with Crippen LogP contribution in [0.3, 0.4) is 0 Å². The van der Waals surface area contributed by atoms with Gasteiger partial charge in [0.2, 0.25) is 0 Å². The number of aliphatic hydroxyl groups excluding tert-OH is 1. The standard InChI is InChI=1S/C10H11NO5/c12-6-8(10(13)14)9(11(15)16)7-4-2-1-3-5-7/h1-5,8-9,12H,6H2,(H,13,14). The molecule has 1 aromatic carbocycles. The number of carboxylic acid groups (broad SMARTS) is 1. The second-order valence-corrected chi connectivity index (χ2v) is 3.27. The predicted octanol–water partition coefficient (Wildman–Crippen LogP) is 0.697. The third-order valence-electron chi connectivity index (χ3n) is 2.26. The molecule has 6 nitrogen and oxygen atoms in total. The molecule has 0 radical (unpaired) electrons. The van der Waals surface area contributed by atoms with Crippen LogP contribution in [-0.2, 0) is 4.79 Å². The number of aliphatic carboxylic acids is 1. The molecule has 1 aromatic rings. The van der Waals surface area contributed by atoms with Gasteiger partial charge in [-0.05, 0) is 0 Å². The molecule has 1 rings (SSSR count). The first kappa shape index (κ1) is 12.1. The zero-order valence-electron chi connectivity index (χ0n) is 8.31. The fourth-order valence-electron chi connectivity index (χ4n) is 1.46. The zero-order chi connectivity index (χ0) is 12.1. The molecule has 6 heteroatoms. The van der Waals surface area contributed by atoms with E-state index in [1.54, 1.807) is 18.2 Å². The van der Waals surface area contributed by atoms with Crippen molar-refractivity contribution in [2.75, 3.05) is 6.61 Å². The molecule has 0 saturated heterocycles. The quantitative estimate of drug-likeness (QED) is 0.567. The first-order chi connectivity index (χ1) is 7.57. The molecule has 0 heterocycles. The number of nitrogens with zero attached hydrogens (tertiary/aromatic N) is 1. The topological polar surface area (TPSA) is 101 Å². The Morgan fingerprint density at radius 2 is 1.94 bits per heavy atom. The van der Waals surface area contributed by atoms with Crippen LogP contribution in [0.25, 0.3) is 0 Å².